The van der Waals surface area contributed by atoms with Crippen LogP contribution in [-0.2, 0) is 22.7 Å². The Kier molecular flexibility index (Phi) is 9.24. The van der Waals surface area contributed by atoms with Gasteiger partial charge < -0.3 is 26.1 Å². The summed E-state index contributed by atoms with van der Waals surface area (Å²) >= 11 is 0. The van der Waals surface area contributed by atoms with Crippen molar-refractivity contribution < 1.29 is 9.53 Å². The van der Waals surface area contributed by atoms with Gasteiger partial charge in [-0.1, -0.05) is 24.6 Å². The average molecular weight is 463 g/mol. The number of carbonyl (C=O) groups is 1. The van der Waals surface area contributed by atoms with E-state index in [9.17, 15) is 4.79 Å². The number of para-hydroxylation sites is 1. The third kappa shape index (κ3) is 6.09. The van der Waals surface area contributed by atoms with Crippen LogP contribution in [0.5, 0.6) is 0 Å². The fourth-order valence-corrected chi connectivity index (χ4v) is 3.86. The molecular weight excluding hydrogens is 428 g/mol. The molecule has 3 aromatic rings. The van der Waals surface area contributed by atoms with Crippen LogP contribution in [0.3, 0.4) is 0 Å². The number of hydrogen-bond acceptors (Lipinski definition) is 6. The highest BCUT2D eigenvalue weighted by molar-refractivity contribution is 6.06. The number of rotatable bonds is 11. The van der Waals surface area contributed by atoms with Crippen LogP contribution in [0, 0.1) is 0 Å². The van der Waals surface area contributed by atoms with Gasteiger partial charge in [-0.2, -0.15) is 0 Å². The fraction of sp³-hybridized carbons (Fsp3) is 0.522. The minimum atomic E-state index is -0.487. The highest BCUT2D eigenvalue weighted by atomic mass is 35.5. The second-order valence-electron chi connectivity index (χ2n) is 8.49. The maximum atomic E-state index is 12.5. The first kappa shape index (κ1) is 25.8. The molecule has 0 aliphatic carbocycles. The number of imidazole rings is 1. The number of halogens is 1. The van der Waals surface area contributed by atoms with Crippen LogP contribution < -0.4 is 16.8 Å². The zero-order chi connectivity index (χ0) is 22.4. The largest absolute Gasteiger partial charge is 0.382 e. The molecule has 32 heavy (non-hydrogen) atoms. The number of nitrogens with two attached hydrogens (primary N) is 2. The molecule has 8 nitrogen and oxygen atoms in total. The van der Waals surface area contributed by atoms with E-state index in [-0.39, 0.29) is 18.3 Å². The van der Waals surface area contributed by atoms with Crippen LogP contribution in [0.1, 0.15) is 52.3 Å². The second-order valence-corrected chi connectivity index (χ2v) is 8.49. The molecule has 2 heterocycles. The number of amides is 1. The summed E-state index contributed by atoms with van der Waals surface area (Å²) in [6.45, 7) is 8.14. The van der Waals surface area contributed by atoms with Crippen molar-refractivity contribution in [2.45, 2.75) is 65.1 Å². The van der Waals surface area contributed by atoms with Gasteiger partial charge in [0.1, 0.15) is 17.9 Å². The Morgan fingerprint density at radius 1 is 1.19 bits per heavy atom. The molecule has 1 aromatic carbocycles. The van der Waals surface area contributed by atoms with Gasteiger partial charge in [-0.15, -0.1) is 12.4 Å². The monoisotopic (exact) mass is 462 g/mol. The maximum Gasteiger partial charge on any atom is 0.220 e. The molecule has 2 aromatic heterocycles. The van der Waals surface area contributed by atoms with Gasteiger partial charge in [0, 0.05) is 25.0 Å². The molecule has 0 bridgehead atoms. The molecule has 0 spiro atoms. The first-order valence-corrected chi connectivity index (χ1v) is 11.0. The van der Waals surface area contributed by atoms with Crippen LogP contribution in [-0.4, -0.2) is 39.1 Å². The lowest BCUT2D eigenvalue weighted by molar-refractivity contribution is -0.122. The standard InChI is InChI=1S/C23H34N6O2.ClH/c1-4-31-14-18-27-20-21(16-10-7-8-11-17(16)26-22(20)25)29(18)15-23(2,3)28-19(30)12-6-5-9-13-24;/h7-8,10-11H,4-6,9,12-15,24H2,1-3H3,(H2,25,26)(H,28,30);1H. The summed E-state index contributed by atoms with van der Waals surface area (Å²) in [6, 6.07) is 7.89. The van der Waals surface area contributed by atoms with Gasteiger partial charge in [0.05, 0.1) is 16.6 Å². The van der Waals surface area contributed by atoms with E-state index in [0.717, 1.165) is 41.5 Å². The number of nitrogen functional groups attached to an aromatic ring is 1. The Bertz CT molecular complexity index is 1050. The molecule has 5 N–H and O–H groups in total. The lowest BCUT2D eigenvalue weighted by Crippen LogP contribution is -2.46. The molecule has 176 valence electrons. The molecule has 0 saturated heterocycles. The molecule has 0 unspecified atom stereocenters. The number of unbranched alkanes of at least 4 members (excludes halogenated alkanes) is 2. The SMILES string of the molecule is CCOCc1nc2c(N)nc3ccccc3c2n1CC(C)(C)NC(=O)CCCCCN.Cl. The van der Waals surface area contributed by atoms with E-state index in [1.165, 1.54) is 0 Å². The van der Waals surface area contributed by atoms with Gasteiger partial charge in [0.2, 0.25) is 5.91 Å². The van der Waals surface area contributed by atoms with Gasteiger partial charge in [-0.05, 0) is 46.2 Å². The Morgan fingerprint density at radius 2 is 1.94 bits per heavy atom. The van der Waals surface area contributed by atoms with E-state index in [4.69, 9.17) is 21.2 Å². The highest BCUT2D eigenvalue weighted by Crippen LogP contribution is 2.30. The smallest absolute Gasteiger partial charge is 0.220 e. The third-order valence-corrected chi connectivity index (χ3v) is 5.26. The predicted octanol–water partition coefficient (Wildman–Crippen LogP) is 3.54. The van der Waals surface area contributed by atoms with E-state index in [0.29, 0.717) is 44.1 Å². The molecule has 1 amide bonds. The number of aromatic nitrogens is 3. The van der Waals surface area contributed by atoms with Crippen molar-refractivity contribution >= 4 is 46.1 Å². The van der Waals surface area contributed by atoms with Gasteiger partial charge in [-0.25, -0.2) is 9.97 Å². The summed E-state index contributed by atoms with van der Waals surface area (Å²) in [6.07, 6.45) is 3.25. The van der Waals surface area contributed by atoms with Crippen molar-refractivity contribution in [1.29, 1.82) is 0 Å². The average Bonchev–Trinajstić information content (AvgIpc) is 3.08. The predicted molar refractivity (Wildman–Crippen MR) is 132 cm³/mol. The van der Waals surface area contributed by atoms with Crippen LogP contribution in [0.25, 0.3) is 21.9 Å². The maximum absolute atomic E-state index is 12.5. The van der Waals surface area contributed by atoms with E-state index < -0.39 is 5.54 Å². The number of hydrogen-bond donors (Lipinski definition) is 3. The topological polar surface area (TPSA) is 121 Å². The number of nitrogens with zero attached hydrogens (tertiary/aromatic N) is 3. The molecule has 0 aliphatic rings. The molecule has 9 heteroatoms. The number of nitrogens with one attached hydrogen (secondary N) is 1. The molecular formula is C23H35ClN6O2. The van der Waals surface area contributed by atoms with Gasteiger partial charge >= 0.3 is 0 Å². The van der Waals surface area contributed by atoms with Crippen molar-refractivity contribution in [2.24, 2.45) is 5.73 Å². The first-order chi connectivity index (χ1) is 14.9. The Labute approximate surface area is 195 Å². The quantitative estimate of drug-likeness (QED) is 0.375. The number of pyridine rings is 1. The molecule has 0 atom stereocenters. The fourth-order valence-electron chi connectivity index (χ4n) is 3.86. The lowest BCUT2D eigenvalue weighted by atomic mass is 10.0. The molecule has 0 saturated carbocycles. The minimum Gasteiger partial charge on any atom is -0.382 e. The Hall–Kier alpha value is -2.42. The summed E-state index contributed by atoms with van der Waals surface area (Å²) in [5.41, 5.74) is 13.7. The highest BCUT2D eigenvalue weighted by Gasteiger charge is 2.25. The second kappa shape index (κ2) is 11.4. The number of anilines is 1. The van der Waals surface area contributed by atoms with Crippen LogP contribution in [0.4, 0.5) is 5.82 Å². The summed E-state index contributed by atoms with van der Waals surface area (Å²) in [7, 11) is 0. The van der Waals surface area contributed by atoms with Crippen molar-refractivity contribution in [2.75, 3.05) is 18.9 Å². The zero-order valence-electron chi connectivity index (χ0n) is 19.2. The van der Waals surface area contributed by atoms with Gasteiger partial charge in [0.15, 0.2) is 5.82 Å². The number of fused-ring (bicyclic) bond motifs is 3. The summed E-state index contributed by atoms with van der Waals surface area (Å²) in [4.78, 5) is 21.8. The number of carbonyl (C=O) groups excluding carboxylic acids is 1. The lowest BCUT2D eigenvalue weighted by Gasteiger charge is -2.28. The van der Waals surface area contributed by atoms with Crippen LogP contribution >= 0.6 is 12.4 Å². The van der Waals surface area contributed by atoms with Crippen LogP contribution in [0.2, 0.25) is 0 Å². The molecule has 0 radical (unpaired) electrons. The van der Waals surface area contributed by atoms with E-state index in [1.807, 2.05) is 45.0 Å². The molecule has 0 fully saturated rings. The Morgan fingerprint density at radius 3 is 2.66 bits per heavy atom. The summed E-state index contributed by atoms with van der Waals surface area (Å²) in [5.74, 6) is 1.21. The van der Waals surface area contributed by atoms with Crippen molar-refractivity contribution in [1.82, 2.24) is 19.9 Å². The van der Waals surface area contributed by atoms with Crippen molar-refractivity contribution in [3.05, 3.63) is 30.1 Å². The third-order valence-electron chi connectivity index (χ3n) is 5.26. The van der Waals surface area contributed by atoms with Crippen molar-refractivity contribution in [3.8, 4) is 0 Å². The normalized spacial score (nSPS) is 11.6. The van der Waals surface area contributed by atoms with E-state index in [1.54, 1.807) is 0 Å². The number of benzene rings is 1. The Balaban J connectivity index is 0.00000363. The van der Waals surface area contributed by atoms with E-state index >= 15 is 0 Å². The van der Waals surface area contributed by atoms with Gasteiger partial charge in [-0.3, -0.25) is 4.79 Å². The van der Waals surface area contributed by atoms with Crippen LogP contribution in [0.15, 0.2) is 24.3 Å². The van der Waals surface area contributed by atoms with Gasteiger partial charge in [0.25, 0.3) is 0 Å². The molecule has 0 aliphatic heterocycles. The minimum absolute atomic E-state index is 0. The van der Waals surface area contributed by atoms with E-state index in [2.05, 4.69) is 14.9 Å². The summed E-state index contributed by atoms with van der Waals surface area (Å²) < 4.78 is 7.78. The number of ether oxygens (including phenoxy) is 1. The zero-order valence-corrected chi connectivity index (χ0v) is 20.0. The molecule has 3 rings (SSSR count). The van der Waals surface area contributed by atoms with Crippen molar-refractivity contribution in [3.63, 3.8) is 0 Å². The first-order valence-electron chi connectivity index (χ1n) is 11.0. The summed E-state index contributed by atoms with van der Waals surface area (Å²) in [5, 5.41) is 4.15.